The lowest BCUT2D eigenvalue weighted by atomic mass is 10.0. The molecule has 92 valence electrons. The number of likely N-dealkylation sites (tertiary alicyclic amines) is 1. The third-order valence-electron chi connectivity index (χ3n) is 4.91. The summed E-state index contributed by atoms with van der Waals surface area (Å²) >= 11 is 0. The number of hydrogen-bond acceptors (Lipinski definition) is 3. The zero-order chi connectivity index (χ0) is 11.4. The Morgan fingerprint density at radius 2 is 2.00 bits per heavy atom. The van der Waals surface area contributed by atoms with Crippen LogP contribution in [-0.2, 0) is 6.54 Å². The first-order valence-electron chi connectivity index (χ1n) is 6.72. The van der Waals surface area contributed by atoms with Crippen molar-refractivity contribution in [3.63, 3.8) is 0 Å². The third kappa shape index (κ3) is 1.54. The van der Waals surface area contributed by atoms with E-state index in [9.17, 15) is 5.11 Å². The lowest BCUT2D eigenvalue weighted by Gasteiger charge is -2.16. The monoisotopic (exact) mass is 233 g/mol. The highest BCUT2D eigenvalue weighted by Gasteiger charge is 2.63. The second-order valence-corrected chi connectivity index (χ2v) is 5.92. The molecule has 1 aliphatic heterocycles. The molecule has 2 saturated carbocycles. The summed E-state index contributed by atoms with van der Waals surface area (Å²) in [6.07, 6.45) is 9.52. The van der Waals surface area contributed by atoms with Gasteiger partial charge in [-0.1, -0.05) is 0 Å². The van der Waals surface area contributed by atoms with Gasteiger partial charge in [-0.15, -0.1) is 0 Å². The number of rotatable bonds is 4. The summed E-state index contributed by atoms with van der Waals surface area (Å²) in [5, 5.41) is 10.1. The second-order valence-electron chi connectivity index (χ2n) is 5.92. The average molecular weight is 233 g/mol. The molecule has 1 aromatic rings. The molecule has 4 rings (SSSR count). The van der Waals surface area contributed by atoms with Gasteiger partial charge in [-0.05, 0) is 31.1 Å². The Morgan fingerprint density at radius 1 is 1.24 bits per heavy atom. The molecule has 0 aromatic carbocycles. The fourth-order valence-electron chi connectivity index (χ4n) is 4.27. The maximum Gasteiger partial charge on any atom is 0.0946 e. The minimum Gasteiger partial charge on any atom is -0.390 e. The van der Waals surface area contributed by atoms with Crippen molar-refractivity contribution in [2.24, 2.45) is 11.8 Å². The number of aliphatic hydroxyl groups excluding tert-OH is 1. The van der Waals surface area contributed by atoms with Crippen molar-refractivity contribution in [3.05, 3.63) is 18.7 Å². The second kappa shape index (κ2) is 3.56. The first kappa shape index (κ1) is 10.1. The molecule has 5 atom stereocenters. The van der Waals surface area contributed by atoms with Gasteiger partial charge in [0.15, 0.2) is 0 Å². The van der Waals surface area contributed by atoms with Crippen LogP contribution in [0.1, 0.15) is 19.3 Å². The van der Waals surface area contributed by atoms with Gasteiger partial charge in [0, 0.05) is 31.0 Å². The molecule has 3 aliphatic rings. The first-order valence-corrected chi connectivity index (χ1v) is 6.72. The van der Waals surface area contributed by atoms with Gasteiger partial charge in [0.1, 0.15) is 0 Å². The van der Waals surface area contributed by atoms with Crippen molar-refractivity contribution in [1.29, 1.82) is 0 Å². The summed E-state index contributed by atoms with van der Waals surface area (Å²) in [6.45, 7) is 1.52. The number of hydrogen-bond donors (Lipinski definition) is 1. The molecule has 2 bridgehead atoms. The molecule has 1 aromatic heterocycles. The van der Waals surface area contributed by atoms with Crippen molar-refractivity contribution in [1.82, 2.24) is 14.5 Å². The third-order valence-corrected chi connectivity index (χ3v) is 4.91. The van der Waals surface area contributed by atoms with E-state index >= 15 is 0 Å². The predicted octanol–water partition coefficient (Wildman–Crippen LogP) is 0.727. The number of β-amino-alcohol motifs (C(OH)–C–C–N with tert-alkyl or cyclic N) is 1. The molecular formula is C13H19N3O. The van der Waals surface area contributed by atoms with E-state index in [1.165, 1.54) is 19.3 Å². The average Bonchev–Trinajstić information content (AvgIpc) is 2.80. The van der Waals surface area contributed by atoms with Crippen molar-refractivity contribution < 1.29 is 5.11 Å². The van der Waals surface area contributed by atoms with Gasteiger partial charge in [0.25, 0.3) is 0 Å². The molecule has 4 heteroatoms. The maximum absolute atomic E-state index is 10.1. The van der Waals surface area contributed by atoms with Crippen LogP contribution in [-0.4, -0.2) is 44.3 Å². The van der Waals surface area contributed by atoms with Gasteiger partial charge >= 0.3 is 0 Å². The fourth-order valence-corrected chi connectivity index (χ4v) is 4.27. The van der Waals surface area contributed by atoms with Gasteiger partial charge in [-0.2, -0.15) is 0 Å². The van der Waals surface area contributed by atoms with Gasteiger partial charge in [0.2, 0.25) is 0 Å². The van der Waals surface area contributed by atoms with Crippen LogP contribution in [0.5, 0.6) is 0 Å². The summed E-state index contributed by atoms with van der Waals surface area (Å²) in [6, 6.07) is 1.65. The summed E-state index contributed by atoms with van der Waals surface area (Å²) in [7, 11) is 0. The van der Waals surface area contributed by atoms with Crippen LogP contribution in [0.25, 0.3) is 0 Å². The van der Waals surface area contributed by atoms with Crippen LogP contribution in [0.3, 0.4) is 0 Å². The molecule has 0 spiro atoms. The van der Waals surface area contributed by atoms with Crippen LogP contribution in [0.15, 0.2) is 18.7 Å². The number of aromatic nitrogens is 2. The lowest BCUT2D eigenvalue weighted by Crippen LogP contribution is -2.27. The van der Waals surface area contributed by atoms with E-state index < -0.39 is 0 Å². The minimum absolute atomic E-state index is 0.255. The van der Waals surface area contributed by atoms with Crippen molar-refractivity contribution in [3.8, 4) is 0 Å². The van der Waals surface area contributed by atoms with Gasteiger partial charge in [-0.25, -0.2) is 4.98 Å². The largest absolute Gasteiger partial charge is 0.390 e. The predicted molar refractivity (Wildman–Crippen MR) is 63.3 cm³/mol. The Labute approximate surface area is 101 Å². The molecule has 2 heterocycles. The van der Waals surface area contributed by atoms with Gasteiger partial charge < -0.3 is 9.67 Å². The first-order chi connectivity index (χ1) is 8.33. The normalized spacial score (nSPS) is 43.7. The Hall–Kier alpha value is -0.870. The van der Waals surface area contributed by atoms with E-state index in [1.54, 1.807) is 12.5 Å². The van der Waals surface area contributed by atoms with E-state index in [0.29, 0.717) is 6.54 Å². The highest BCUT2D eigenvalue weighted by Crippen LogP contribution is 2.58. The molecule has 0 amide bonds. The minimum atomic E-state index is -0.255. The van der Waals surface area contributed by atoms with Crippen molar-refractivity contribution in [2.45, 2.75) is 44.0 Å². The van der Waals surface area contributed by atoms with Crippen molar-refractivity contribution in [2.75, 3.05) is 6.54 Å². The molecule has 17 heavy (non-hydrogen) atoms. The lowest BCUT2D eigenvalue weighted by molar-refractivity contribution is 0.123. The number of imidazole rings is 1. The smallest absolute Gasteiger partial charge is 0.0946 e. The molecule has 1 saturated heterocycles. The van der Waals surface area contributed by atoms with E-state index in [2.05, 4.69) is 9.88 Å². The molecule has 5 unspecified atom stereocenters. The molecule has 1 N–H and O–H groups in total. The summed E-state index contributed by atoms with van der Waals surface area (Å²) < 4.78 is 1.96. The SMILES string of the molecule is OC(CN1C2C3CCC(C3)C21)Cn1ccnc1. The highest BCUT2D eigenvalue weighted by atomic mass is 16.3. The molecule has 2 aliphatic carbocycles. The summed E-state index contributed by atoms with van der Waals surface area (Å²) in [5.74, 6) is 1.90. The standard InChI is InChI=1S/C13H19N3O/c17-11(6-15-4-3-14-8-15)7-16-12-9-1-2-10(5-9)13(12)16/h3-4,8-13,17H,1-2,5-7H2. The van der Waals surface area contributed by atoms with Gasteiger partial charge in [-0.3, -0.25) is 4.90 Å². The van der Waals surface area contributed by atoms with E-state index in [4.69, 9.17) is 0 Å². The quantitative estimate of drug-likeness (QED) is 0.779. The number of nitrogens with zero attached hydrogens (tertiary/aromatic N) is 3. The topological polar surface area (TPSA) is 41.1 Å². The zero-order valence-corrected chi connectivity index (χ0v) is 9.94. The Bertz CT molecular complexity index is 389. The highest BCUT2D eigenvalue weighted by molar-refractivity contribution is 5.18. The molecule has 3 fully saturated rings. The number of fused-ring (bicyclic) bond motifs is 5. The Balaban J connectivity index is 1.34. The van der Waals surface area contributed by atoms with Crippen molar-refractivity contribution >= 4 is 0 Å². The zero-order valence-electron chi connectivity index (χ0n) is 9.94. The number of piperidine rings is 1. The molecular weight excluding hydrogens is 214 g/mol. The number of aliphatic hydroxyl groups is 1. The van der Waals surface area contributed by atoms with Crippen LogP contribution >= 0.6 is 0 Å². The van der Waals surface area contributed by atoms with E-state index in [1.807, 2.05) is 10.8 Å². The summed E-state index contributed by atoms with van der Waals surface area (Å²) in [5.41, 5.74) is 0. The van der Waals surface area contributed by atoms with E-state index in [0.717, 1.165) is 30.5 Å². The van der Waals surface area contributed by atoms with Crippen LogP contribution in [0, 0.1) is 11.8 Å². The van der Waals surface area contributed by atoms with E-state index in [-0.39, 0.29) is 6.10 Å². The summed E-state index contributed by atoms with van der Waals surface area (Å²) in [4.78, 5) is 6.53. The fraction of sp³-hybridized carbons (Fsp3) is 0.769. The Kier molecular flexibility index (Phi) is 2.11. The van der Waals surface area contributed by atoms with Crippen LogP contribution < -0.4 is 0 Å². The molecule has 4 nitrogen and oxygen atoms in total. The maximum atomic E-state index is 10.1. The van der Waals surface area contributed by atoms with Gasteiger partial charge in [0.05, 0.1) is 19.0 Å². The van der Waals surface area contributed by atoms with Crippen LogP contribution in [0.4, 0.5) is 0 Å². The molecule has 0 radical (unpaired) electrons. The Morgan fingerprint density at radius 3 is 2.65 bits per heavy atom. The van der Waals surface area contributed by atoms with Crippen LogP contribution in [0.2, 0.25) is 0 Å².